The highest BCUT2D eigenvalue weighted by atomic mass is 79.9. The van der Waals surface area contributed by atoms with Crippen LogP contribution in [0.15, 0.2) is 22.7 Å². The van der Waals surface area contributed by atoms with Gasteiger partial charge < -0.3 is 9.64 Å². The zero-order chi connectivity index (χ0) is 13.2. The Bertz CT molecular complexity index is 584. The van der Waals surface area contributed by atoms with Crippen molar-refractivity contribution in [1.29, 1.82) is 0 Å². The zero-order valence-electron chi connectivity index (χ0n) is 10.7. The summed E-state index contributed by atoms with van der Waals surface area (Å²) in [6, 6.07) is 6.06. The predicted molar refractivity (Wildman–Crippen MR) is 76.4 cm³/mol. The number of hydrogen-bond acceptors (Lipinski definition) is 4. The van der Waals surface area contributed by atoms with Gasteiger partial charge in [-0.25, -0.2) is 0 Å². The van der Waals surface area contributed by atoms with Crippen LogP contribution in [0.5, 0.6) is 5.75 Å². The quantitative estimate of drug-likeness (QED) is 0.943. The van der Waals surface area contributed by atoms with Gasteiger partial charge in [0.05, 0.1) is 7.11 Å². The second-order valence-corrected chi connectivity index (χ2v) is 5.49. The van der Waals surface area contributed by atoms with Crippen molar-refractivity contribution in [2.45, 2.75) is 19.4 Å². The van der Waals surface area contributed by atoms with Gasteiger partial charge in [0.2, 0.25) is 0 Å². The lowest BCUT2D eigenvalue weighted by atomic mass is 10.1. The minimum atomic E-state index is 0.780. The summed E-state index contributed by atoms with van der Waals surface area (Å²) in [6.45, 7) is 1.78. The average molecular weight is 323 g/mol. The van der Waals surface area contributed by atoms with E-state index in [4.69, 9.17) is 4.74 Å². The number of H-pyrrole nitrogens is 1. The highest BCUT2D eigenvalue weighted by molar-refractivity contribution is 9.10. The Labute approximate surface area is 120 Å². The molecule has 1 aromatic heterocycles. The summed E-state index contributed by atoms with van der Waals surface area (Å²) >= 11 is 3.51. The lowest BCUT2D eigenvalue weighted by Gasteiger charge is -2.27. The summed E-state index contributed by atoms with van der Waals surface area (Å²) < 4.78 is 6.48. The lowest BCUT2D eigenvalue weighted by Crippen LogP contribution is -2.29. The Morgan fingerprint density at radius 2 is 2.32 bits per heavy atom. The number of hydrogen-bond donors (Lipinski definition) is 1. The second kappa shape index (κ2) is 5.21. The molecule has 0 saturated carbocycles. The van der Waals surface area contributed by atoms with Crippen LogP contribution in [0, 0.1) is 0 Å². The van der Waals surface area contributed by atoms with Crippen molar-refractivity contribution in [3.8, 4) is 5.75 Å². The van der Waals surface area contributed by atoms with Gasteiger partial charge >= 0.3 is 0 Å². The third kappa shape index (κ3) is 2.45. The Balaban J connectivity index is 1.89. The first-order valence-electron chi connectivity index (χ1n) is 6.25. The monoisotopic (exact) mass is 322 g/mol. The zero-order valence-corrected chi connectivity index (χ0v) is 12.3. The number of benzene rings is 1. The maximum absolute atomic E-state index is 5.42. The summed E-state index contributed by atoms with van der Waals surface area (Å²) in [5.41, 5.74) is 2.20. The van der Waals surface area contributed by atoms with E-state index in [0.29, 0.717) is 0 Å². The van der Waals surface area contributed by atoms with E-state index in [1.807, 2.05) is 12.1 Å². The van der Waals surface area contributed by atoms with Crippen molar-refractivity contribution in [3.05, 3.63) is 33.9 Å². The number of aromatic amines is 1. The Kier molecular flexibility index (Phi) is 3.42. The van der Waals surface area contributed by atoms with Gasteiger partial charge in [-0.05, 0) is 31.0 Å². The minimum absolute atomic E-state index is 0.780. The molecule has 0 unspecified atom stereocenters. The molecule has 100 valence electrons. The van der Waals surface area contributed by atoms with Crippen LogP contribution in [0.2, 0.25) is 0 Å². The van der Waals surface area contributed by atoms with Gasteiger partial charge in [0.25, 0.3) is 0 Å². The van der Waals surface area contributed by atoms with Gasteiger partial charge in [-0.1, -0.05) is 15.9 Å². The normalized spacial score (nSPS) is 14.3. The fraction of sp³-hybridized carbons (Fsp3) is 0.385. The predicted octanol–water partition coefficient (Wildman–Crippen LogP) is 2.53. The Morgan fingerprint density at radius 3 is 3.16 bits per heavy atom. The summed E-state index contributed by atoms with van der Waals surface area (Å²) in [4.78, 5) is 2.24. The van der Waals surface area contributed by atoms with Crippen LogP contribution < -0.4 is 9.64 Å². The lowest BCUT2D eigenvalue weighted by molar-refractivity contribution is 0.409. The van der Waals surface area contributed by atoms with Crippen LogP contribution in [-0.4, -0.2) is 29.1 Å². The molecule has 3 rings (SSSR count). The van der Waals surface area contributed by atoms with Crippen molar-refractivity contribution >= 4 is 21.7 Å². The molecule has 1 aromatic carbocycles. The topological polar surface area (TPSA) is 54.0 Å². The van der Waals surface area contributed by atoms with E-state index >= 15 is 0 Å². The number of anilines is 1. The number of methoxy groups -OCH3 is 1. The Morgan fingerprint density at radius 1 is 1.42 bits per heavy atom. The van der Waals surface area contributed by atoms with Gasteiger partial charge in [0, 0.05) is 23.1 Å². The summed E-state index contributed by atoms with van der Waals surface area (Å²) in [7, 11) is 1.70. The van der Waals surface area contributed by atoms with Crippen molar-refractivity contribution in [2.75, 3.05) is 18.6 Å². The van der Waals surface area contributed by atoms with Crippen LogP contribution >= 0.6 is 15.9 Å². The van der Waals surface area contributed by atoms with Crippen LogP contribution in [-0.2, 0) is 13.0 Å². The second-order valence-electron chi connectivity index (χ2n) is 4.58. The first-order valence-corrected chi connectivity index (χ1v) is 7.04. The van der Waals surface area contributed by atoms with E-state index in [0.717, 1.165) is 53.2 Å². The van der Waals surface area contributed by atoms with Gasteiger partial charge in [-0.15, -0.1) is 5.10 Å². The van der Waals surface area contributed by atoms with Crippen LogP contribution in [0.25, 0.3) is 0 Å². The molecule has 1 aliphatic heterocycles. The molecule has 0 bridgehead atoms. The summed E-state index contributed by atoms with van der Waals surface area (Å²) in [5.74, 6) is 1.87. The summed E-state index contributed by atoms with van der Waals surface area (Å²) in [5, 5.41) is 11.2. The molecule has 2 aromatic rings. The third-order valence-corrected chi connectivity index (χ3v) is 3.84. The minimum Gasteiger partial charge on any atom is -0.496 e. The molecule has 0 radical (unpaired) electrons. The SMILES string of the molecule is COc1ccc(Br)cc1CN1CCCc2n[nH]nc21. The van der Waals surface area contributed by atoms with Gasteiger partial charge in [-0.2, -0.15) is 10.3 Å². The molecule has 0 spiro atoms. The largest absolute Gasteiger partial charge is 0.496 e. The average Bonchev–Trinajstić information content (AvgIpc) is 2.88. The number of halogens is 1. The van der Waals surface area contributed by atoms with Gasteiger partial charge in [0.15, 0.2) is 5.82 Å². The molecular weight excluding hydrogens is 308 g/mol. The fourth-order valence-electron chi connectivity index (χ4n) is 2.44. The van der Waals surface area contributed by atoms with Crippen molar-refractivity contribution in [3.63, 3.8) is 0 Å². The molecule has 0 atom stereocenters. The first kappa shape index (κ1) is 12.5. The van der Waals surface area contributed by atoms with E-state index < -0.39 is 0 Å². The maximum Gasteiger partial charge on any atom is 0.174 e. The maximum atomic E-state index is 5.42. The van der Waals surface area contributed by atoms with E-state index in [2.05, 4.69) is 42.3 Å². The molecule has 5 nitrogen and oxygen atoms in total. The molecule has 0 fully saturated rings. The van der Waals surface area contributed by atoms with Gasteiger partial charge in [0.1, 0.15) is 11.4 Å². The standard InChI is InChI=1S/C13H15BrN4O/c1-19-12-5-4-10(14)7-9(12)8-18-6-2-3-11-13(18)16-17-15-11/h4-5,7H,2-3,6,8H2,1H3,(H,15,16,17). The van der Waals surface area contributed by atoms with E-state index in [-0.39, 0.29) is 0 Å². The smallest absolute Gasteiger partial charge is 0.174 e. The van der Waals surface area contributed by atoms with Crippen LogP contribution in [0.4, 0.5) is 5.82 Å². The van der Waals surface area contributed by atoms with Crippen molar-refractivity contribution in [1.82, 2.24) is 15.4 Å². The molecule has 6 heteroatoms. The molecular formula is C13H15BrN4O. The number of ether oxygens (including phenoxy) is 1. The van der Waals surface area contributed by atoms with E-state index in [1.54, 1.807) is 7.11 Å². The number of rotatable bonds is 3. The van der Waals surface area contributed by atoms with Crippen molar-refractivity contribution in [2.24, 2.45) is 0 Å². The van der Waals surface area contributed by atoms with Crippen LogP contribution in [0.1, 0.15) is 17.7 Å². The van der Waals surface area contributed by atoms with Crippen molar-refractivity contribution < 1.29 is 4.74 Å². The molecule has 1 N–H and O–H groups in total. The van der Waals surface area contributed by atoms with Crippen LogP contribution in [0.3, 0.4) is 0 Å². The third-order valence-electron chi connectivity index (χ3n) is 3.34. The fourth-order valence-corrected chi connectivity index (χ4v) is 2.85. The molecule has 0 amide bonds. The molecule has 2 heterocycles. The van der Waals surface area contributed by atoms with E-state index in [1.165, 1.54) is 0 Å². The number of nitrogens with zero attached hydrogens (tertiary/aromatic N) is 3. The number of nitrogens with one attached hydrogen (secondary N) is 1. The highest BCUT2D eigenvalue weighted by Gasteiger charge is 2.21. The van der Waals surface area contributed by atoms with E-state index in [9.17, 15) is 0 Å². The Hall–Kier alpha value is -1.56. The summed E-state index contributed by atoms with van der Waals surface area (Å²) in [6.07, 6.45) is 2.10. The molecule has 0 saturated heterocycles. The molecule has 1 aliphatic rings. The molecule has 0 aliphatic carbocycles. The number of fused-ring (bicyclic) bond motifs is 1. The first-order chi connectivity index (χ1) is 9.28. The van der Waals surface area contributed by atoms with Gasteiger partial charge in [-0.3, -0.25) is 0 Å². The molecule has 19 heavy (non-hydrogen) atoms. The highest BCUT2D eigenvalue weighted by Crippen LogP contribution is 2.28. The number of aromatic nitrogens is 3. The number of aryl methyl sites for hydroxylation is 1.